The van der Waals surface area contributed by atoms with Gasteiger partial charge in [0.1, 0.15) is 10.7 Å². The summed E-state index contributed by atoms with van der Waals surface area (Å²) >= 11 is 1.36. The van der Waals surface area contributed by atoms with Crippen LogP contribution in [0.15, 0.2) is 29.6 Å². The minimum Gasteiger partial charge on any atom is -0.338 e. The second-order valence-corrected chi connectivity index (χ2v) is 6.01. The van der Waals surface area contributed by atoms with Crippen LogP contribution in [-0.2, 0) is 6.54 Å². The molecule has 8 heteroatoms. The number of amides is 3. The third kappa shape index (κ3) is 3.49. The van der Waals surface area contributed by atoms with Gasteiger partial charge in [0, 0.05) is 36.4 Å². The van der Waals surface area contributed by atoms with Gasteiger partial charge in [0.25, 0.3) is 5.91 Å². The van der Waals surface area contributed by atoms with Gasteiger partial charge in [0.2, 0.25) is 0 Å². The van der Waals surface area contributed by atoms with E-state index in [9.17, 15) is 9.59 Å². The van der Waals surface area contributed by atoms with Crippen LogP contribution >= 0.6 is 11.3 Å². The van der Waals surface area contributed by atoms with Crippen molar-refractivity contribution in [2.24, 2.45) is 5.73 Å². The van der Waals surface area contributed by atoms with E-state index in [1.807, 2.05) is 6.07 Å². The van der Waals surface area contributed by atoms with Crippen molar-refractivity contribution in [2.75, 3.05) is 23.3 Å². The quantitative estimate of drug-likeness (QED) is 0.795. The van der Waals surface area contributed by atoms with E-state index >= 15 is 0 Å². The van der Waals surface area contributed by atoms with Crippen molar-refractivity contribution in [3.63, 3.8) is 0 Å². The van der Waals surface area contributed by atoms with Gasteiger partial charge in [-0.05, 0) is 24.6 Å². The zero-order valence-electron chi connectivity index (χ0n) is 12.4. The van der Waals surface area contributed by atoms with Gasteiger partial charge in [-0.25, -0.2) is 9.78 Å². The first kappa shape index (κ1) is 15.4. The highest BCUT2D eigenvalue weighted by Gasteiger charge is 2.19. The Balaban J connectivity index is 1.74. The molecule has 1 aromatic carbocycles. The first-order valence-corrected chi connectivity index (χ1v) is 8.16. The van der Waals surface area contributed by atoms with E-state index in [0.29, 0.717) is 36.0 Å². The Morgan fingerprint density at radius 3 is 3.09 bits per heavy atom. The molecule has 1 aliphatic rings. The number of urea groups is 1. The van der Waals surface area contributed by atoms with E-state index in [1.165, 1.54) is 11.3 Å². The predicted octanol–water partition coefficient (Wildman–Crippen LogP) is 1.77. The van der Waals surface area contributed by atoms with Gasteiger partial charge in [-0.3, -0.25) is 9.69 Å². The Morgan fingerprint density at radius 1 is 1.48 bits per heavy atom. The fraction of sp³-hybridized carbons (Fsp3) is 0.267. The molecule has 1 aromatic heterocycles. The maximum atomic E-state index is 12.2. The molecule has 2 aromatic rings. The molecule has 0 unspecified atom stereocenters. The number of aromatic nitrogens is 1. The Hall–Kier alpha value is -2.45. The molecule has 3 amide bonds. The number of carbonyl (C=O) groups is 2. The number of nitrogens with two attached hydrogens (primary N) is 1. The highest BCUT2D eigenvalue weighted by atomic mass is 32.1. The molecule has 1 aliphatic heterocycles. The van der Waals surface area contributed by atoms with Crippen LogP contribution in [0.3, 0.4) is 0 Å². The van der Waals surface area contributed by atoms with Crippen LogP contribution in [0.25, 0.3) is 0 Å². The summed E-state index contributed by atoms with van der Waals surface area (Å²) in [4.78, 5) is 29.9. The van der Waals surface area contributed by atoms with Gasteiger partial charge in [-0.15, -0.1) is 11.3 Å². The van der Waals surface area contributed by atoms with Crippen LogP contribution in [0.4, 0.5) is 16.2 Å². The van der Waals surface area contributed by atoms with E-state index in [1.54, 1.807) is 28.5 Å². The van der Waals surface area contributed by atoms with E-state index in [2.05, 4.69) is 15.6 Å². The molecule has 0 aliphatic carbocycles. The summed E-state index contributed by atoms with van der Waals surface area (Å²) in [7, 11) is 0. The molecule has 0 atom stereocenters. The minimum atomic E-state index is -0.291. The van der Waals surface area contributed by atoms with Crippen LogP contribution in [0.5, 0.6) is 0 Å². The monoisotopic (exact) mass is 331 g/mol. The highest BCUT2D eigenvalue weighted by Crippen LogP contribution is 2.22. The van der Waals surface area contributed by atoms with Crippen molar-refractivity contribution in [2.45, 2.75) is 13.0 Å². The van der Waals surface area contributed by atoms with Crippen LogP contribution in [-0.4, -0.2) is 30.0 Å². The lowest BCUT2D eigenvalue weighted by Gasteiger charge is -2.27. The maximum Gasteiger partial charge on any atom is 0.321 e. The lowest BCUT2D eigenvalue weighted by molar-refractivity contribution is 0.102. The fourth-order valence-electron chi connectivity index (χ4n) is 2.33. The summed E-state index contributed by atoms with van der Waals surface area (Å²) in [6, 6.07) is 7.08. The topological polar surface area (TPSA) is 100 Å². The van der Waals surface area contributed by atoms with E-state index in [-0.39, 0.29) is 11.9 Å². The fourth-order valence-corrected chi connectivity index (χ4v) is 2.99. The summed E-state index contributed by atoms with van der Waals surface area (Å²) in [5.41, 5.74) is 7.22. The summed E-state index contributed by atoms with van der Waals surface area (Å²) in [5, 5.41) is 8.00. The first-order chi connectivity index (χ1) is 11.2. The number of hydrogen-bond acceptors (Lipinski definition) is 5. The Labute approximate surface area is 137 Å². The first-order valence-electron chi connectivity index (χ1n) is 7.28. The lowest BCUT2D eigenvalue weighted by Crippen LogP contribution is -2.46. The number of benzene rings is 1. The van der Waals surface area contributed by atoms with Gasteiger partial charge < -0.3 is 16.4 Å². The highest BCUT2D eigenvalue weighted by molar-refractivity contribution is 7.09. The SMILES string of the molecule is NCc1nc(C(=O)Nc2cccc(N3CCCNC3=O)c2)cs1. The molecule has 4 N–H and O–H groups in total. The molecule has 3 rings (SSSR count). The average molecular weight is 331 g/mol. The molecule has 23 heavy (non-hydrogen) atoms. The smallest absolute Gasteiger partial charge is 0.321 e. The Bertz CT molecular complexity index is 730. The predicted molar refractivity (Wildman–Crippen MR) is 89.8 cm³/mol. The van der Waals surface area contributed by atoms with Crippen molar-refractivity contribution in [3.05, 3.63) is 40.3 Å². The van der Waals surface area contributed by atoms with Gasteiger partial charge in [0.15, 0.2) is 0 Å². The summed E-state index contributed by atoms with van der Waals surface area (Å²) in [5.74, 6) is -0.291. The Kier molecular flexibility index (Phi) is 4.54. The molecule has 0 saturated carbocycles. The molecule has 0 spiro atoms. The largest absolute Gasteiger partial charge is 0.338 e. The average Bonchev–Trinajstić information content (AvgIpc) is 3.05. The summed E-state index contributed by atoms with van der Waals surface area (Å²) < 4.78 is 0. The van der Waals surface area contributed by atoms with E-state index < -0.39 is 0 Å². The molecule has 2 heterocycles. The Morgan fingerprint density at radius 2 is 2.35 bits per heavy atom. The molecular weight excluding hydrogens is 314 g/mol. The molecule has 1 saturated heterocycles. The molecule has 1 fully saturated rings. The summed E-state index contributed by atoms with van der Waals surface area (Å²) in [6.45, 7) is 1.67. The maximum absolute atomic E-state index is 12.2. The second kappa shape index (κ2) is 6.76. The van der Waals surface area contributed by atoms with E-state index in [4.69, 9.17) is 5.73 Å². The number of hydrogen-bond donors (Lipinski definition) is 3. The molecule has 7 nitrogen and oxygen atoms in total. The third-order valence-electron chi connectivity index (χ3n) is 3.45. The second-order valence-electron chi connectivity index (χ2n) is 5.07. The number of carbonyl (C=O) groups excluding carboxylic acids is 2. The normalized spacial score (nSPS) is 14.5. The van der Waals surface area contributed by atoms with Crippen LogP contribution in [0, 0.1) is 0 Å². The number of nitrogens with one attached hydrogen (secondary N) is 2. The number of thiazole rings is 1. The van der Waals surface area contributed by atoms with Gasteiger partial charge in [-0.2, -0.15) is 0 Å². The zero-order valence-corrected chi connectivity index (χ0v) is 13.2. The number of nitrogens with zero attached hydrogens (tertiary/aromatic N) is 2. The van der Waals surface area contributed by atoms with Crippen LogP contribution < -0.4 is 21.3 Å². The summed E-state index contributed by atoms with van der Waals surface area (Å²) in [6.07, 6.45) is 0.892. The molecule has 0 radical (unpaired) electrons. The van der Waals surface area contributed by atoms with Crippen molar-refractivity contribution < 1.29 is 9.59 Å². The molecule has 0 bridgehead atoms. The molecule has 120 valence electrons. The van der Waals surface area contributed by atoms with Gasteiger partial charge in [-0.1, -0.05) is 6.07 Å². The van der Waals surface area contributed by atoms with Crippen LogP contribution in [0.2, 0.25) is 0 Å². The van der Waals surface area contributed by atoms with Crippen molar-refractivity contribution in [3.8, 4) is 0 Å². The van der Waals surface area contributed by atoms with Gasteiger partial charge in [0.05, 0.1) is 0 Å². The zero-order chi connectivity index (χ0) is 16.2. The standard InChI is InChI=1S/C15H17N5O2S/c16-8-13-19-12(9-23-13)14(21)18-10-3-1-4-11(7-10)20-6-2-5-17-15(20)22/h1,3-4,7,9H,2,5-6,8,16H2,(H,17,22)(H,18,21). The number of anilines is 2. The van der Waals surface area contributed by atoms with Crippen molar-refractivity contribution in [1.29, 1.82) is 0 Å². The van der Waals surface area contributed by atoms with E-state index in [0.717, 1.165) is 12.1 Å². The van der Waals surface area contributed by atoms with Crippen molar-refractivity contribution >= 4 is 34.6 Å². The lowest BCUT2D eigenvalue weighted by atomic mass is 10.2. The number of rotatable bonds is 4. The third-order valence-corrected chi connectivity index (χ3v) is 4.33. The minimum absolute atomic E-state index is 0.119. The van der Waals surface area contributed by atoms with Crippen molar-refractivity contribution in [1.82, 2.24) is 10.3 Å². The molecular formula is C15H17N5O2S. The van der Waals surface area contributed by atoms with Gasteiger partial charge >= 0.3 is 6.03 Å². The van der Waals surface area contributed by atoms with Crippen LogP contribution in [0.1, 0.15) is 21.9 Å².